The molecule has 0 saturated carbocycles. The quantitative estimate of drug-likeness (QED) is 0.0418. The Morgan fingerprint density at radius 3 is 0.773 bits per heavy atom. The van der Waals surface area contributed by atoms with Crippen molar-refractivity contribution in [1.82, 2.24) is 54.8 Å². The number of amides is 5. The first kappa shape index (κ1) is 93.2. The molecule has 26 nitrogen and oxygen atoms in total. The third-order valence-electron chi connectivity index (χ3n) is 19.1. The lowest BCUT2D eigenvalue weighted by Gasteiger charge is -2.20. The van der Waals surface area contributed by atoms with Crippen LogP contribution in [-0.2, 0) is 5.92 Å². The van der Waals surface area contributed by atoms with Gasteiger partial charge in [0.2, 0.25) is 0 Å². The second-order valence-corrected chi connectivity index (χ2v) is 29.9. The molecule has 0 unspecified atom stereocenters. The number of benzene rings is 9. The van der Waals surface area contributed by atoms with Crippen molar-refractivity contribution < 1.29 is 41.5 Å². The molecule has 0 radical (unpaired) electrons. The Bertz CT molecular complexity index is 5770. The number of hydrogen-bond acceptors (Lipinski definition) is 21. The van der Waals surface area contributed by atoms with Crippen LogP contribution < -0.4 is 51.1 Å². The van der Waals surface area contributed by atoms with Crippen molar-refractivity contribution in [2.75, 3.05) is 86.3 Å². The molecule has 15 rings (SSSR count). The Hall–Kier alpha value is -15.5. The molecule has 0 aliphatic rings. The molecule has 0 bridgehead atoms. The van der Waals surface area contributed by atoms with Crippen molar-refractivity contribution in [1.29, 1.82) is 0 Å². The fourth-order valence-corrected chi connectivity index (χ4v) is 12.9. The minimum Gasteiger partial charge on any atom is -0.341 e. The number of rotatable bonds is 21. The van der Waals surface area contributed by atoms with Crippen molar-refractivity contribution in [3.63, 3.8) is 0 Å². The van der Waals surface area contributed by atoms with Crippen LogP contribution in [0.3, 0.4) is 0 Å². The first-order chi connectivity index (χ1) is 61.4. The Balaban J connectivity index is 0.000000155. The Labute approximate surface area is 750 Å². The maximum atomic E-state index is 14.3. The largest absolute Gasteiger partial charge is 0.341 e. The average Bonchev–Trinajstić information content (AvgIpc) is 0.829. The summed E-state index contributed by atoms with van der Waals surface area (Å²) in [5.41, 5.74) is 14.9. The monoisotopic (exact) mass is 1780 g/mol. The van der Waals surface area contributed by atoms with Gasteiger partial charge in [-0.2, -0.15) is 8.78 Å². The molecule has 648 valence electrons. The minimum atomic E-state index is -3.17. The second kappa shape index (κ2) is 44.2. The number of alkyl halides is 2. The molecule has 5 amide bonds. The van der Waals surface area contributed by atoms with E-state index in [1.54, 1.807) is 141 Å². The molecule has 128 heavy (non-hydrogen) atoms. The van der Waals surface area contributed by atoms with E-state index in [4.69, 9.17) is 34.8 Å². The predicted octanol–water partition coefficient (Wildman–Crippen LogP) is 21.5. The maximum Gasteiger partial charge on any atom is 0.287 e. The highest BCUT2D eigenvalue weighted by Crippen LogP contribution is 2.38. The van der Waals surface area contributed by atoms with Crippen LogP contribution in [0.5, 0.6) is 0 Å². The van der Waals surface area contributed by atoms with E-state index >= 15 is 0 Å². The summed E-state index contributed by atoms with van der Waals surface area (Å²) in [7, 11) is 8.94. The van der Waals surface area contributed by atoms with Crippen molar-refractivity contribution in [3.05, 3.63) is 382 Å². The van der Waals surface area contributed by atoms with Gasteiger partial charge in [-0.15, -0.1) is 0 Å². The number of nitrogens with one attached hydrogen (secondary N) is 5. The van der Waals surface area contributed by atoms with Crippen LogP contribution in [0.15, 0.2) is 300 Å². The lowest BCUT2D eigenvalue weighted by molar-refractivity contribution is 0.0126. The number of aryl methyl sites for hydroxylation is 4. The number of anilines is 15. The van der Waals surface area contributed by atoms with Gasteiger partial charge in [-0.25, -0.2) is 63.6 Å². The molecule has 0 fully saturated rings. The zero-order chi connectivity index (χ0) is 91.6. The van der Waals surface area contributed by atoms with E-state index in [-0.39, 0.29) is 40.7 Å². The Morgan fingerprint density at radius 1 is 0.297 bits per heavy atom. The number of nitrogens with zero attached hydrogens (tertiary/aromatic N) is 16. The van der Waals surface area contributed by atoms with Gasteiger partial charge >= 0.3 is 0 Å². The summed E-state index contributed by atoms with van der Waals surface area (Å²) < 4.78 is 55.3. The Morgan fingerprint density at radius 2 is 0.523 bits per heavy atom. The molecule has 33 heteroatoms. The second-order valence-electron chi connectivity index (χ2n) is 28.7. The third-order valence-corrected chi connectivity index (χ3v) is 20.0. The first-order valence-corrected chi connectivity index (χ1v) is 40.2. The normalized spacial score (nSPS) is 10.5. The summed E-state index contributed by atoms with van der Waals surface area (Å²) in [6.45, 7) is 8.48. The highest BCUT2D eigenvalue weighted by Gasteiger charge is 2.28. The van der Waals surface area contributed by atoms with Crippen LogP contribution in [0, 0.1) is 39.3 Å². The standard InChI is InChI=1S/3C19H17ClN4O.C19H16F3N5O.C19H17FN4O/c3*1-13-4-3-5-14(8-13)19(25)23-15-6-7-17(20)18(9-15)24(2)16-10-21-12-22-11-16;1-19(21,22)17-5-3-4-15(26-17)18(28)25-12-6-7-14(20)16(8-12)27(2)13-9-23-11-24-10-13;1-13-4-3-5-14(8-13)19(25)23-15-6-7-17(20)18(9-15)24(2)16-10-21-12-22-11-16/h3*3-12H,1-2H3,(H,23,25);3-11H,1-2H3,(H,25,28);3-12H,1-2H3,(H,23,25). The average molecular weight is 1780 g/mol. The summed E-state index contributed by atoms with van der Waals surface area (Å²) in [5, 5.41) is 15.8. The molecule has 0 atom stereocenters. The van der Waals surface area contributed by atoms with E-state index in [2.05, 4.69) is 81.4 Å². The Kier molecular flexibility index (Phi) is 32.2. The van der Waals surface area contributed by atoms with E-state index in [0.29, 0.717) is 84.1 Å². The van der Waals surface area contributed by atoms with Crippen molar-refractivity contribution in [3.8, 4) is 0 Å². The van der Waals surface area contributed by atoms with Crippen LogP contribution in [0.25, 0.3) is 0 Å². The number of pyridine rings is 1. The van der Waals surface area contributed by atoms with Crippen LogP contribution in [0.2, 0.25) is 15.1 Å². The van der Waals surface area contributed by atoms with Gasteiger partial charge in [-0.1, -0.05) is 112 Å². The van der Waals surface area contributed by atoms with Gasteiger partial charge < -0.3 is 51.1 Å². The van der Waals surface area contributed by atoms with E-state index in [9.17, 15) is 41.5 Å². The molecule has 6 heterocycles. The zero-order valence-electron chi connectivity index (χ0n) is 70.6. The lowest BCUT2D eigenvalue weighted by Crippen LogP contribution is -2.18. The maximum absolute atomic E-state index is 14.3. The topological polar surface area (TPSA) is 303 Å². The predicted molar refractivity (Wildman–Crippen MR) is 496 cm³/mol. The number of hydrogen-bond donors (Lipinski definition) is 5. The van der Waals surface area contributed by atoms with Gasteiger partial charge in [0, 0.05) is 92.9 Å². The van der Waals surface area contributed by atoms with Crippen LogP contribution in [0.1, 0.15) is 86.8 Å². The molecule has 0 aliphatic carbocycles. The van der Waals surface area contributed by atoms with Crippen LogP contribution in [-0.4, -0.2) is 120 Å². The molecule has 6 aromatic heterocycles. The molecule has 15 aromatic rings. The summed E-state index contributed by atoms with van der Waals surface area (Å²) >= 11 is 19.0. The van der Waals surface area contributed by atoms with Gasteiger partial charge in [-0.3, -0.25) is 24.0 Å². The minimum absolute atomic E-state index is 0.164. The number of halogens is 7. The summed E-state index contributed by atoms with van der Waals surface area (Å²) in [6, 6.07) is 57.9. The van der Waals surface area contributed by atoms with Crippen molar-refractivity contribution in [2.45, 2.75) is 40.5 Å². The fourth-order valence-electron chi connectivity index (χ4n) is 12.2. The third kappa shape index (κ3) is 26.0. The van der Waals surface area contributed by atoms with Crippen molar-refractivity contribution in [2.24, 2.45) is 0 Å². The summed E-state index contributed by atoms with van der Waals surface area (Å²) in [5.74, 6) is -5.51. The van der Waals surface area contributed by atoms with Gasteiger partial charge in [0.25, 0.3) is 35.5 Å². The molecule has 5 N–H and O–H groups in total. The molecular formula is C95H84Cl3F4N21O5. The molecular weight excluding hydrogens is 1700 g/mol. The SMILES string of the molecule is CN(c1cncnc1)c1cc(NC(=O)c2cccc(C(C)(F)F)n2)ccc1F.Cc1cccc(C(=O)Nc2ccc(Cl)c(N(C)c3cncnc3)c2)c1.Cc1cccc(C(=O)Nc2ccc(Cl)c(N(C)c3cncnc3)c2)c1.Cc1cccc(C(=O)Nc2ccc(Cl)c(N(C)c3cncnc3)c2)c1.Cc1cccc(C(=O)Nc2ccc(F)c(N(C)c3cncnc3)c2)c1. The molecule has 0 aliphatic heterocycles. The van der Waals surface area contributed by atoms with E-state index in [1.165, 1.54) is 91.4 Å². The highest BCUT2D eigenvalue weighted by atomic mass is 35.5. The first-order valence-electron chi connectivity index (χ1n) is 39.0. The molecule has 9 aromatic carbocycles. The smallest absolute Gasteiger partial charge is 0.287 e. The number of carbonyl (C=O) groups excluding carboxylic acids is 5. The fraction of sp³-hybridized carbons (Fsp3) is 0.116. The van der Waals surface area contributed by atoms with Gasteiger partial charge in [-0.05, 0) is 179 Å². The summed E-state index contributed by atoms with van der Waals surface area (Å²) in [6.07, 6.45) is 23.5. The van der Waals surface area contributed by atoms with Gasteiger partial charge in [0.1, 0.15) is 54.7 Å². The molecule has 0 saturated heterocycles. The summed E-state index contributed by atoms with van der Waals surface area (Å²) in [4.78, 5) is 114. The number of carbonyl (C=O) groups is 5. The number of aromatic nitrogens is 11. The zero-order valence-corrected chi connectivity index (χ0v) is 72.9. The highest BCUT2D eigenvalue weighted by molar-refractivity contribution is 6.34. The lowest BCUT2D eigenvalue weighted by atomic mass is 10.1. The van der Waals surface area contributed by atoms with E-state index in [1.807, 2.05) is 148 Å². The van der Waals surface area contributed by atoms with Crippen LogP contribution in [0.4, 0.5) is 103 Å². The van der Waals surface area contributed by atoms with Crippen molar-refractivity contribution >= 4 is 150 Å². The van der Waals surface area contributed by atoms with Gasteiger partial charge in [0.05, 0.1) is 134 Å². The van der Waals surface area contributed by atoms with E-state index < -0.39 is 29.2 Å². The molecule has 0 spiro atoms. The van der Waals surface area contributed by atoms with E-state index in [0.717, 1.165) is 62.4 Å². The van der Waals surface area contributed by atoms with Crippen LogP contribution >= 0.6 is 34.8 Å². The van der Waals surface area contributed by atoms with Gasteiger partial charge in [0.15, 0.2) is 0 Å².